The van der Waals surface area contributed by atoms with Crippen LogP contribution in [0.2, 0.25) is 0 Å². The van der Waals surface area contributed by atoms with Crippen LogP contribution in [0.15, 0.2) is 48.5 Å². The summed E-state index contributed by atoms with van der Waals surface area (Å²) in [6, 6.07) is 11.8. The number of hydrogen-bond donors (Lipinski definition) is 4. The minimum absolute atomic E-state index is 0.0434. The fourth-order valence-corrected chi connectivity index (χ4v) is 3.00. The van der Waals surface area contributed by atoms with Gasteiger partial charge in [-0.05, 0) is 24.3 Å². The van der Waals surface area contributed by atoms with Crippen molar-refractivity contribution in [2.24, 2.45) is 0 Å². The third-order valence-electron chi connectivity index (χ3n) is 4.23. The molecule has 0 aliphatic rings. The molecule has 10 nitrogen and oxygen atoms in total. The van der Waals surface area contributed by atoms with Crippen LogP contribution in [0.5, 0.6) is 0 Å². The summed E-state index contributed by atoms with van der Waals surface area (Å²) in [7, 11) is 2.92. The van der Waals surface area contributed by atoms with Crippen LogP contribution in [0.4, 0.5) is 0 Å². The Morgan fingerprint density at radius 2 is 1.06 bits per heavy atom. The van der Waals surface area contributed by atoms with Crippen LogP contribution < -0.4 is 10.9 Å². The number of aromatic carboxylic acids is 2. The van der Waals surface area contributed by atoms with Crippen molar-refractivity contribution < 1.29 is 29.4 Å². The first-order valence-corrected chi connectivity index (χ1v) is 10.1. The Morgan fingerprint density at radius 3 is 1.39 bits per heavy atom. The molecule has 0 aromatic heterocycles. The predicted octanol–water partition coefficient (Wildman–Crippen LogP) is 1.45. The third-order valence-corrected chi connectivity index (χ3v) is 5.25. The van der Waals surface area contributed by atoms with Gasteiger partial charge in [0.2, 0.25) is 11.8 Å². The van der Waals surface area contributed by atoms with Gasteiger partial charge in [0.1, 0.15) is 16.4 Å². The Morgan fingerprint density at radius 1 is 0.727 bits per heavy atom. The summed E-state index contributed by atoms with van der Waals surface area (Å²) < 4.78 is 0. The first-order chi connectivity index (χ1) is 15.5. The summed E-state index contributed by atoms with van der Waals surface area (Å²) in [6.45, 7) is 0. The molecule has 0 radical (unpaired) electrons. The molecule has 0 bridgehead atoms. The van der Waals surface area contributed by atoms with Gasteiger partial charge in [0.05, 0.1) is 11.1 Å². The summed E-state index contributed by atoms with van der Waals surface area (Å²) in [5.74, 6) is -3.56. The summed E-state index contributed by atoms with van der Waals surface area (Å²) in [5.41, 5.74) is 5.78. The summed E-state index contributed by atoms with van der Waals surface area (Å²) in [5, 5.41) is 20.6. The number of carboxylic acids is 2. The molecule has 172 valence electrons. The van der Waals surface area contributed by atoms with Crippen molar-refractivity contribution in [2.75, 3.05) is 14.1 Å². The lowest BCUT2D eigenvalue weighted by Crippen LogP contribution is -2.47. The first-order valence-electron chi connectivity index (χ1n) is 9.31. The fourth-order valence-electron chi connectivity index (χ4n) is 2.66. The number of carbonyl (C=O) groups is 4. The number of nitrogens with zero attached hydrogens (tertiary/aromatic N) is 2. The lowest BCUT2D eigenvalue weighted by molar-refractivity contribution is -0.132. The van der Waals surface area contributed by atoms with Crippen LogP contribution in [-0.2, 0) is 9.59 Å². The average molecular weight is 489 g/mol. The maximum atomic E-state index is 12.2. The first kappa shape index (κ1) is 25.4. The Bertz CT molecular complexity index is 1050. The SMILES string of the molecule is CN(NC(=O)CC(=O)NN(C)C(=S)c1cccc(C(=O)O)c1)C(=S)c1cccc(C(=O)O)c1. The lowest BCUT2D eigenvalue weighted by Gasteiger charge is -2.23. The molecule has 4 N–H and O–H groups in total. The molecule has 2 rings (SSSR count). The Hall–Kier alpha value is -3.90. The van der Waals surface area contributed by atoms with Gasteiger partial charge in [0.25, 0.3) is 0 Å². The number of amides is 2. The van der Waals surface area contributed by atoms with E-state index in [4.69, 9.17) is 34.6 Å². The Balaban J connectivity index is 1.92. The molecule has 2 aromatic carbocycles. The standard InChI is InChI=1S/C21H20N4O6S2/c1-24(18(32)12-5-3-7-14(9-12)20(28)29)22-16(26)11-17(27)23-25(2)19(33)13-6-4-8-15(10-13)21(30)31/h3-10H,11H2,1-2H3,(H,22,26)(H,23,27)(H,28,29)(H,30,31). The maximum absolute atomic E-state index is 12.2. The van der Waals surface area contributed by atoms with E-state index in [-0.39, 0.29) is 21.1 Å². The quantitative estimate of drug-likeness (QED) is 0.268. The highest BCUT2D eigenvalue weighted by Gasteiger charge is 2.17. The van der Waals surface area contributed by atoms with Crippen LogP contribution in [-0.4, -0.2) is 68.1 Å². The smallest absolute Gasteiger partial charge is 0.335 e. The van der Waals surface area contributed by atoms with Crippen molar-refractivity contribution in [3.05, 3.63) is 70.8 Å². The highest BCUT2D eigenvalue weighted by atomic mass is 32.1. The average Bonchev–Trinajstić information content (AvgIpc) is 2.77. The maximum Gasteiger partial charge on any atom is 0.335 e. The van der Waals surface area contributed by atoms with E-state index in [1.807, 2.05) is 0 Å². The van der Waals surface area contributed by atoms with Crippen LogP contribution >= 0.6 is 24.4 Å². The van der Waals surface area contributed by atoms with Crippen LogP contribution in [0, 0.1) is 0 Å². The van der Waals surface area contributed by atoms with Gasteiger partial charge in [-0.2, -0.15) is 0 Å². The number of nitrogens with one attached hydrogen (secondary N) is 2. The van der Waals surface area contributed by atoms with Crippen molar-refractivity contribution >= 4 is 58.2 Å². The van der Waals surface area contributed by atoms with Gasteiger partial charge in [-0.3, -0.25) is 30.5 Å². The number of hydrogen-bond acceptors (Lipinski definition) is 6. The minimum Gasteiger partial charge on any atom is -0.478 e. The van der Waals surface area contributed by atoms with Crippen molar-refractivity contribution in [3.63, 3.8) is 0 Å². The van der Waals surface area contributed by atoms with Gasteiger partial charge in [0.15, 0.2) is 0 Å². The summed E-state index contributed by atoms with van der Waals surface area (Å²) >= 11 is 10.5. The second-order valence-electron chi connectivity index (χ2n) is 6.75. The van der Waals surface area contributed by atoms with E-state index in [9.17, 15) is 19.2 Å². The Kier molecular flexibility index (Phi) is 8.54. The second kappa shape index (κ2) is 11.1. The number of hydrazine groups is 2. The number of carboxylic acid groups (broad SMARTS) is 2. The molecule has 2 amide bonds. The molecule has 0 saturated carbocycles. The number of carbonyl (C=O) groups excluding carboxylic acids is 2. The van der Waals surface area contributed by atoms with Gasteiger partial charge in [-0.1, -0.05) is 48.7 Å². The normalized spacial score (nSPS) is 10.0. The van der Waals surface area contributed by atoms with Crippen molar-refractivity contribution in [2.45, 2.75) is 6.42 Å². The minimum atomic E-state index is -1.11. The molecular weight excluding hydrogens is 468 g/mol. The molecule has 2 aromatic rings. The number of thiocarbonyl (C=S) groups is 2. The molecule has 0 spiro atoms. The zero-order valence-electron chi connectivity index (χ0n) is 17.6. The fraction of sp³-hybridized carbons (Fsp3) is 0.143. The molecule has 33 heavy (non-hydrogen) atoms. The van der Waals surface area contributed by atoms with E-state index in [0.717, 1.165) is 0 Å². The van der Waals surface area contributed by atoms with Crippen LogP contribution in [0.25, 0.3) is 0 Å². The molecule has 0 aliphatic carbocycles. The van der Waals surface area contributed by atoms with Gasteiger partial charge < -0.3 is 10.2 Å². The van der Waals surface area contributed by atoms with E-state index in [2.05, 4.69) is 10.9 Å². The molecule has 0 fully saturated rings. The van der Waals surface area contributed by atoms with Crippen LogP contribution in [0.3, 0.4) is 0 Å². The van der Waals surface area contributed by atoms with Crippen molar-refractivity contribution in [3.8, 4) is 0 Å². The molecule has 0 saturated heterocycles. The molecule has 0 aliphatic heterocycles. The van der Waals surface area contributed by atoms with Gasteiger partial charge in [-0.15, -0.1) is 0 Å². The summed E-state index contributed by atoms with van der Waals surface area (Å²) in [4.78, 5) is 47.0. The van der Waals surface area contributed by atoms with E-state index in [1.165, 1.54) is 60.5 Å². The highest BCUT2D eigenvalue weighted by Crippen LogP contribution is 2.10. The molecule has 0 unspecified atom stereocenters. The lowest BCUT2D eigenvalue weighted by atomic mass is 10.1. The number of rotatable bonds is 6. The third kappa shape index (κ3) is 7.05. The zero-order chi connectivity index (χ0) is 24.7. The van der Waals surface area contributed by atoms with E-state index < -0.39 is 30.2 Å². The van der Waals surface area contributed by atoms with Gasteiger partial charge in [-0.25, -0.2) is 9.59 Å². The highest BCUT2D eigenvalue weighted by molar-refractivity contribution is 7.80. The zero-order valence-corrected chi connectivity index (χ0v) is 19.2. The second-order valence-corrected chi connectivity index (χ2v) is 7.52. The van der Waals surface area contributed by atoms with Crippen molar-refractivity contribution in [1.29, 1.82) is 0 Å². The molecular formula is C21H20N4O6S2. The van der Waals surface area contributed by atoms with E-state index in [0.29, 0.717) is 11.1 Å². The number of benzene rings is 2. The largest absolute Gasteiger partial charge is 0.478 e. The van der Waals surface area contributed by atoms with Crippen molar-refractivity contribution in [1.82, 2.24) is 20.9 Å². The van der Waals surface area contributed by atoms with E-state index in [1.54, 1.807) is 12.1 Å². The van der Waals surface area contributed by atoms with Crippen LogP contribution in [0.1, 0.15) is 38.3 Å². The molecule has 0 heterocycles. The van der Waals surface area contributed by atoms with Gasteiger partial charge in [0, 0.05) is 25.2 Å². The van der Waals surface area contributed by atoms with E-state index >= 15 is 0 Å². The molecule has 0 atom stereocenters. The predicted molar refractivity (Wildman–Crippen MR) is 127 cm³/mol. The monoisotopic (exact) mass is 488 g/mol. The molecule has 12 heteroatoms. The summed E-state index contributed by atoms with van der Waals surface area (Å²) in [6.07, 6.45) is -0.551. The Labute approximate surface area is 199 Å². The van der Waals surface area contributed by atoms with Gasteiger partial charge >= 0.3 is 11.9 Å². The topological polar surface area (TPSA) is 139 Å².